The highest BCUT2D eigenvalue weighted by atomic mass is 19.1. The molecule has 0 saturated heterocycles. The van der Waals surface area contributed by atoms with E-state index in [4.69, 9.17) is 10.5 Å². The molecule has 0 amide bonds. The van der Waals surface area contributed by atoms with Crippen molar-refractivity contribution in [2.45, 2.75) is 13.5 Å². The van der Waals surface area contributed by atoms with Crippen molar-refractivity contribution in [1.29, 1.82) is 0 Å². The molecule has 102 valence electrons. The van der Waals surface area contributed by atoms with E-state index < -0.39 is 0 Å². The molecule has 1 aromatic carbocycles. The maximum absolute atomic E-state index is 13.2. The molecule has 3 nitrogen and oxygen atoms in total. The molecule has 1 heterocycles. The van der Waals surface area contributed by atoms with Gasteiger partial charge in [-0.15, -0.1) is 0 Å². The summed E-state index contributed by atoms with van der Waals surface area (Å²) in [7, 11) is 0. The summed E-state index contributed by atoms with van der Waals surface area (Å²) in [5.74, 6) is 5.97. The molecule has 0 saturated carbocycles. The number of rotatable bonds is 3. The van der Waals surface area contributed by atoms with Crippen LogP contribution in [0.2, 0.25) is 0 Å². The van der Waals surface area contributed by atoms with Crippen LogP contribution in [0, 0.1) is 24.6 Å². The fourth-order valence-corrected chi connectivity index (χ4v) is 1.68. The number of aromatic nitrogens is 1. The zero-order valence-corrected chi connectivity index (χ0v) is 11.2. The quantitative estimate of drug-likeness (QED) is 0.871. The molecule has 0 radical (unpaired) electrons. The number of pyridine rings is 1. The van der Waals surface area contributed by atoms with Crippen LogP contribution in [0.25, 0.3) is 0 Å². The lowest BCUT2D eigenvalue weighted by Crippen LogP contribution is -1.99. The van der Waals surface area contributed by atoms with Gasteiger partial charge in [0.25, 0.3) is 0 Å². The summed E-state index contributed by atoms with van der Waals surface area (Å²) < 4.78 is 18.8. The molecule has 4 heteroatoms. The summed E-state index contributed by atoms with van der Waals surface area (Å²) >= 11 is 0. The molecule has 0 unspecified atom stereocenters. The Morgan fingerprint density at radius 2 is 2.15 bits per heavy atom. The lowest BCUT2D eigenvalue weighted by molar-refractivity contribution is 0.303. The topological polar surface area (TPSA) is 48.1 Å². The van der Waals surface area contributed by atoms with E-state index in [1.54, 1.807) is 24.5 Å². The summed E-state index contributed by atoms with van der Waals surface area (Å²) in [4.78, 5) is 4.05. The van der Waals surface area contributed by atoms with Crippen molar-refractivity contribution in [3.8, 4) is 17.6 Å². The van der Waals surface area contributed by atoms with Gasteiger partial charge >= 0.3 is 0 Å². The van der Waals surface area contributed by atoms with Crippen molar-refractivity contribution in [3.63, 3.8) is 0 Å². The van der Waals surface area contributed by atoms with Crippen LogP contribution in [0.4, 0.5) is 4.39 Å². The second-order valence-electron chi connectivity index (χ2n) is 4.27. The number of halogens is 1. The first-order valence-electron chi connectivity index (χ1n) is 6.21. The van der Waals surface area contributed by atoms with Crippen LogP contribution >= 0.6 is 0 Å². The largest absolute Gasteiger partial charge is 0.487 e. The van der Waals surface area contributed by atoms with Gasteiger partial charge in [-0.25, -0.2) is 4.39 Å². The van der Waals surface area contributed by atoms with E-state index in [1.165, 1.54) is 12.1 Å². The molecule has 2 N–H and O–H groups in total. The maximum Gasteiger partial charge on any atom is 0.139 e. The molecule has 0 atom stereocenters. The van der Waals surface area contributed by atoms with E-state index in [-0.39, 0.29) is 5.82 Å². The first kappa shape index (κ1) is 14.0. The zero-order chi connectivity index (χ0) is 14.4. The average molecular weight is 270 g/mol. The lowest BCUT2D eigenvalue weighted by atomic mass is 10.1. The van der Waals surface area contributed by atoms with Crippen molar-refractivity contribution in [3.05, 3.63) is 59.2 Å². The third-order valence-corrected chi connectivity index (χ3v) is 2.75. The maximum atomic E-state index is 13.2. The van der Waals surface area contributed by atoms with Crippen LogP contribution in [0.1, 0.15) is 16.7 Å². The Morgan fingerprint density at radius 1 is 1.30 bits per heavy atom. The van der Waals surface area contributed by atoms with Crippen LogP contribution in [0.3, 0.4) is 0 Å². The van der Waals surface area contributed by atoms with Gasteiger partial charge in [0.05, 0.1) is 12.7 Å². The Morgan fingerprint density at radius 3 is 2.95 bits per heavy atom. The molecule has 0 spiro atoms. The SMILES string of the molecule is Cc1ccc(F)cc1COc1cncc(C#CCN)c1. The minimum absolute atomic E-state index is 0.269. The summed E-state index contributed by atoms with van der Waals surface area (Å²) in [6, 6.07) is 6.42. The normalized spacial score (nSPS) is 9.75. The minimum Gasteiger partial charge on any atom is -0.487 e. The number of hydrogen-bond acceptors (Lipinski definition) is 3. The molecule has 0 fully saturated rings. The van der Waals surface area contributed by atoms with E-state index in [0.29, 0.717) is 18.9 Å². The molecule has 0 aliphatic rings. The van der Waals surface area contributed by atoms with Crippen molar-refractivity contribution in [1.82, 2.24) is 4.98 Å². The highest BCUT2D eigenvalue weighted by Crippen LogP contribution is 2.16. The van der Waals surface area contributed by atoms with Gasteiger partial charge in [-0.2, -0.15) is 0 Å². The Kier molecular flexibility index (Phi) is 4.70. The Bertz CT molecular complexity index is 659. The number of hydrogen-bond donors (Lipinski definition) is 1. The Balaban J connectivity index is 2.09. The van der Waals surface area contributed by atoms with E-state index >= 15 is 0 Å². The van der Waals surface area contributed by atoms with Crippen LogP contribution in [0.15, 0.2) is 36.7 Å². The molecular weight excluding hydrogens is 255 g/mol. The second kappa shape index (κ2) is 6.69. The highest BCUT2D eigenvalue weighted by molar-refractivity contribution is 5.37. The van der Waals surface area contributed by atoms with Gasteiger partial charge in [0.2, 0.25) is 0 Å². The molecule has 2 rings (SSSR count). The van der Waals surface area contributed by atoms with Gasteiger partial charge in [0, 0.05) is 11.8 Å². The fraction of sp³-hybridized carbons (Fsp3) is 0.188. The molecule has 0 aliphatic heterocycles. The molecule has 20 heavy (non-hydrogen) atoms. The average Bonchev–Trinajstić information content (AvgIpc) is 2.46. The minimum atomic E-state index is -0.269. The second-order valence-corrected chi connectivity index (χ2v) is 4.27. The van der Waals surface area contributed by atoms with Gasteiger partial charge in [-0.3, -0.25) is 4.98 Å². The summed E-state index contributed by atoms with van der Waals surface area (Å²) in [6.07, 6.45) is 3.24. The third-order valence-electron chi connectivity index (χ3n) is 2.75. The Hall–Kier alpha value is -2.38. The fourth-order valence-electron chi connectivity index (χ4n) is 1.68. The number of nitrogens with two attached hydrogens (primary N) is 1. The van der Waals surface area contributed by atoms with Gasteiger partial charge in [-0.1, -0.05) is 17.9 Å². The van der Waals surface area contributed by atoms with E-state index in [0.717, 1.165) is 16.7 Å². The van der Waals surface area contributed by atoms with E-state index in [2.05, 4.69) is 16.8 Å². The van der Waals surface area contributed by atoms with E-state index in [9.17, 15) is 4.39 Å². The summed E-state index contributed by atoms with van der Waals surface area (Å²) in [5.41, 5.74) is 7.85. The highest BCUT2D eigenvalue weighted by Gasteiger charge is 2.02. The van der Waals surface area contributed by atoms with Crippen molar-refractivity contribution >= 4 is 0 Å². The monoisotopic (exact) mass is 270 g/mol. The molecular formula is C16H15FN2O. The predicted molar refractivity (Wildman–Crippen MR) is 75.6 cm³/mol. The Labute approximate surface area is 117 Å². The van der Waals surface area contributed by atoms with E-state index in [1.807, 2.05) is 6.92 Å². The third kappa shape index (κ3) is 3.81. The summed E-state index contributed by atoms with van der Waals surface area (Å²) in [6.45, 7) is 2.51. The standard InChI is InChI=1S/C16H15FN2O/c1-12-4-5-15(17)8-14(12)11-20-16-7-13(3-2-6-18)9-19-10-16/h4-5,7-10H,6,11,18H2,1H3. The van der Waals surface area contributed by atoms with Crippen LogP contribution < -0.4 is 10.5 Å². The van der Waals surface area contributed by atoms with Crippen molar-refractivity contribution in [2.24, 2.45) is 5.73 Å². The van der Waals surface area contributed by atoms with Crippen LogP contribution in [0.5, 0.6) is 5.75 Å². The van der Waals surface area contributed by atoms with Gasteiger partial charge in [0.15, 0.2) is 0 Å². The summed E-state index contributed by atoms with van der Waals surface area (Å²) in [5, 5.41) is 0. The van der Waals surface area contributed by atoms with Crippen LogP contribution in [-0.2, 0) is 6.61 Å². The smallest absolute Gasteiger partial charge is 0.139 e. The first-order chi connectivity index (χ1) is 9.69. The zero-order valence-electron chi connectivity index (χ0n) is 11.2. The van der Waals surface area contributed by atoms with Gasteiger partial charge in [-0.05, 0) is 36.2 Å². The first-order valence-corrected chi connectivity index (χ1v) is 6.21. The van der Waals surface area contributed by atoms with Gasteiger partial charge in [0.1, 0.15) is 18.2 Å². The molecule has 2 aromatic rings. The molecule has 1 aromatic heterocycles. The predicted octanol–water partition coefficient (Wildman–Crippen LogP) is 2.42. The number of aryl methyl sites for hydroxylation is 1. The molecule has 0 bridgehead atoms. The number of ether oxygens (including phenoxy) is 1. The van der Waals surface area contributed by atoms with Crippen molar-refractivity contribution in [2.75, 3.05) is 6.54 Å². The van der Waals surface area contributed by atoms with Gasteiger partial charge < -0.3 is 10.5 Å². The lowest BCUT2D eigenvalue weighted by Gasteiger charge is -2.08. The number of benzene rings is 1. The molecule has 0 aliphatic carbocycles. The van der Waals surface area contributed by atoms with Crippen LogP contribution in [-0.4, -0.2) is 11.5 Å². The number of nitrogens with zero attached hydrogens (tertiary/aromatic N) is 1. The van der Waals surface area contributed by atoms with Crippen molar-refractivity contribution < 1.29 is 9.13 Å².